The van der Waals surface area contributed by atoms with Crippen molar-refractivity contribution in [3.8, 4) is 0 Å². The van der Waals surface area contributed by atoms with Gasteiger partial charge < -0.3 is 9.32 Å². The number of carbonyl (C=O) groups excluding carboxylic acids is 1. The second-order valence-electron chi connectivity index (χ2n) is 8.65. The van der Waals surface area contributed by atoms with Crippen LogP contribution in [0.15, 0.2) is 50.7 Å². The number of rotatable bonds is 4. The highest BCUT2D eigenvalue weighted by Gasteiger charge is 2.39. The number of para-hydroxylation sites is 1. The van der Waals surface area contributed by atoms with Gasteiger partial charge in [-0.2, -0.15) is 0 Å². The zero-order chi connectivity index (χ0) is 21.9. The van der Waals surface area contributed by atoms with E-state index in [-0.39, 0.29) is 23.5 Å². The van der Waals surface area contributed by atoms with Crippen LogP contribution in [0.1, 0.15) is 57.1 Å². The zero-order valence-electron chi connectivity index (χ0n) is 18.1. The predicted octanol–water partition coefficient (Wildman–Crippen LogP) is 6.35. The van der Waals surface area contributed by atoms with Crippen molar-refractivity contribution in [1.29, 1.82) is 0 Å². The van der Waals surface area contributed by atoms with Gasteiger partial charge in [0, 0.05) is 31.3 Å². The van der Waals surface area contributed by atoms with E-state index in [2.05, 4.69) is 9.89 Å². The lowest BCUT2D eigenvalue weighted by Crippen LogP contribution is -2.40. The van der Waals surface area contributed by atoms with Gasteiger partial charge in [0.2, 0.25) is 0 Å². The summed E-state index contributed by atoms with van der Waals surface area (Å²) >= 11 is 1.31. The Labute approximate surface area is 192 Å². The third-order valence-corrected chi connectivity index (χ3v) is 7.38. The molecule has 1 saturated carbocycles. The molecule has 0 radical (unpaired) electrons. The van der Waals surface area contributed by atoms with Crippen LogP contribution in [0, 0.1) is 5.82 Å². The molecule has 0 atom stereocenters. The Bertz CT molecular complexity index is 1040. The van der Waals surface area contributed by atoms with Crippen LogP contribution in [0.5, 0.6) is 0 Å². The van der Waals surface area contributed by atoms with Crippen molar-refractivity contribution >= 4 is 40.5 Å². The van der Waals surface area contributed by atoms with Gasteiger partial charge in [-0.05, 0) is 62.1 Å². The second kappa shape index (κ2) is 9.53. The number of hydrogen-bond acceptors (Lipinski definition) is 5. The number of piperidine rings is 1. The Morgan fingerprint density at radius 3 is 2.53 bits per heavy atom. The highest BCUT2D eigenvalue weighted by atomic mass is 32.2. The molecule has 3 heterocycles. The molecule has 1 amide bonds. The maximum Gasteiger partial charge on any atom is 0.267 e. The van der Waals surface area contributed by atoms with E-state index in [1.165, 1.54) is 43.5 Å². The molecule has 1 aliphatic carbocycles. The first kappa shape index (κ1) is 21.3. The van der Waals surface area contributed by atoms with E-state index in [4.69, 9.17) is 4.42 Å². The number of benzene rings is 1. The standard InChI is InChI=1S/C25H28FN3O2S/c26-20-11-5-6-12-21(20)27-25-29(18-9-3-1-4-10-18)24(30)22(32-25)17-19-13-14-23(31-19)28-15-7-2-8-16-28/h5-6,11-14,17-18H,1-4,7-10,15-16H2/b22-17-,27-25?. The van der Waals surface area contributed by atoms with Crippen LogP contribution in [0.3, 0.4) is 0 Å². The highest BCUT2D eigenvalue weighted by molar-refractivity contribution is 8.18. The van der Waals surface area contributed by atoms with Crippen molar-refractivity contribution in [2.45, 2.75) is 57.4 Å². The molecule has 2 aromatic rings. The molecule has 1 aromatic heterocycles. The van der Waals surface area contributed by atoms with E-state index in [0.717, 1.165) is 44.7 Å². The maximum absolute atomic E-state index is 14.3. The molecule has 1 aromatic carbocycles. The Kier molecular flexibility index (Phi) is 6.35. The number of aliphatic imine (C=N–C) groups is 1. The summed E-state index contributed by atoms with van der Waals surface area (Å²) in [6.07, 6.45) is 10.7. The first-order valence-corrected chi connectivity index (χ1v) is 12.4. The number of halogens is 1. The minimum absolute atomic E-state index is 0.0621. The molecule has 32 heavy (non-hydrogen) atoms. The van der Waals surface area contributed by atoms with Crippen molar-refractivity contribution in [1.82, 2.24) is 4.90 Å². The van der Waals surface area contributed by atoms with Gasteiger partial charge in [-0.15, -0.1) is 0 Å². The lowest BCUT2D eigenvalue weighted by atomic mass is 9.94. The number of carbonyl (C=O) groups is 1. The summed E-state index contributed by atoms with van der Waals surface area (Å²) in [6, 6.07) is 10.5. The summed E-state index contributed by atoms with van der Waals surface area (Å²) < 4.78 is 20.3. The molecule has 0 unspecified atom stereocenters. The minimum Gasteiger partial charge on any atom is -0.441 e. The van der Waals surface area contributed by atoms with Gasteiger partial charge in [0.1, 0.15) is 17.3 Å². The van der Waals surface area contributed by atoms with E-state index < -0.39 is 0 Å². The lowest BCUT2D eigenvalue weighted by Gasteiger charge is -2.30. The summed E-state index contributed by atoms with van der Waals surface area (Å²) in [5.74, 6) is 1.08. The van der Waals surface area contributed by atoms with Gasteiger partial charge in [0.05, 0.1) is 4.91 Å². The van der Waals surface area contributed by atoms with Gasteiger partial charge in [-0.1, -0.05) is 31.4 Å². The summed E-state index contributed by atoms with van der Waals surface area (Å²) in [5.41, 5.74) is 0.259. The fourth-order valence-corrected chi connectivity index (χ4v) is 5.74. The van der Waals surface area contributed by atoms with Crippen molar-refractivity contribution < 1.29 is 13.6 Å². The second-order valence-corrected chi connectivity index (χ2v) is 9.66. The maximum atomic E-state index is 14.3. The van der Waals surface area contributed by atoms with Crippen LogP contribution in [0.4, 0.5) is 16.0 Å². The molecule has 0 spiro atoms. The van der Waals surface area contributed by atoms with E-state index in [1.807, 2.05) is 12.1 Å². The highest BCUT2D eigenvalue weighted by Crippen LogP contribution is 2.39. The Balaban J connectivity index is 1.44. The van der Waals surface area contributed by atoms with E-state index in [9.17, 15) is 9.18 Å². The largest absolute Gasteiger partial charge is 0.441 e. The molecule has 0 N–H and O–H groups in total. The van der Waals surface area contributed by atoms with Crippen LogP contribution < -0.4 is 4.90 Å². The van der Waals surface area contributed by atoms with Gasteiger partial charge >= 0.3 is 0 Å². The van der Waals surface area contributed by atoms with Crippen LogP contribution in [-0.4, -0.2) is 35.1 Å². The van der Waals surface area contributed by atoms with Crippen LogP contribution in [0.25, 0.3) is 6.08 Å². The minimum atomic E-state index is -0.383. The van der Waals surface area contributed by atoms with Crippen molar-refractivity contribution in [3.05, 3.63) is 52.9 Å². The average molecular weight is 454 g/mol. The molecule has 7 heteroatoms. The molecule has 5 rings (SSSR count). The Morgan fingerprint density at radius 2 is 1.75 bits per heavy atom. The van der Waals surface area contributed by atoms with E-state index in [0.29, 0.717) is 15.8 Å². The summed E-state index contributed by atoms with van der Waals surface area (Å²) in [6.45, 7) is 2.01. The smallest absolute Gasteiger partial charge is 0.267 e. The molecule has 2 aliphatic heterocycles. The van der Waals surface area contributed by atoms with Gasteiger partial charge in [-0.25, -0.2) is 9.38 Å². The zero-order valence-corrected chi connectivity index (χ0v) is 19.0. The predicted molar refractivity (Wildman–Crippen MR) is 128 cm³/mol. The van der Waals surface area contributed by atoms with E-state index >= 15 is 0 Å². The van der Waals surface area contributed by atoms with Crippen molar-refractivity contribution in [2.24, 2.45) is 4.99 Å². The lowest BCUT2D eigenvalue weighted by molar-refractivity contribution is -0.124. The number of anilines is 1. The fraction of sp³-hybridized carbons (Fsp3) is 0.440. The van der Waals surface area contributed by atoms with Crippen LogP contribution in [-0.2, 0) is 4.79 Å². The monoisotopic (exact) mass is 453 g/mol. The molecular weight excluding hydrogens is 425 g/mol. The number of amidine groups is 1. The topological polar surface area (TPSA) is 49.1 Å². The van der Waals surface area contributed by atoms with E-state index in [1.54, 1.807) is 29.2 Å². The number of hydrogen-bond donors (Lipinski definition) is 0. The van der Waals surface area contributed by atoms with Crippen LogP contribution >= 0.6 is 11.8 Å². The first-order valence-electron chi connectivity index (χ1n) is 11.6. The first-order chi connectivity index (χ1) is 15.7. The van der Waals surface area contributed by atoms with Gasteiger partial charge in [0.15, 0.2) is 11.1 Å². The fourth-order valence-electron chi connectivity index (χ4n) is 4.70. The number of nitrogens with zero attached hydrogens (tertiary/aromatic N) is 3. The summed E-state index contributed by atoms with van der Waals surface area (Å²) in [7, 11) is 0. The molecular formula is C25H28FN3O2S. The van der Waals surface area contributed by atoms with Gasteiger partial charge in [-0.3, -0.25) is 9.69 Å². The number of amides is 1. The quantitative estimate of drug-likeness (QED) is 0.507. The van der Waals surface area contributed by atoms with Crippen molar-refractivity contribution in [3.63, 3.8) is 0 Å². The molecule has 3 fully saturated rings. The third-order valence-electron chi connectivity index (χ3n) is 6.40. The third kappa shape index (κ3) is 4.49. The van der Waals surface area contributed by atoms with Gasteiger partial charge in [0.25, 0.3) is 5.91 Å². The average Bonchev–Trinajstić information content (AvgIpc) is 3.41. The molecule has 2 saturated heterocycles. The number of furan rings is 1. The molecule has 168 valence electrons. The normalized spacial score (nSPS) is 23.0. The summed E-state index contributed by atoms with van der Waals surface area (Å²) in [4.78, 5) is 22.6. The summed E-state index contributed by atoms with van der Waals surface area (Å²) in [5, 5.41) is 0.557. The molecule has 0 bridgehead atoms. The number of thioether (sulfide) groups is 1. The van der Waals surface area contributed by atoms with Crippen LogP contribution in [0.2, 0.25) is 0 Å². The Morgan fingerprint density at radius 1 is 1.00 bits per heavy atom. The van der Waals surface area contributed by atoms with Crippen molar-refractivity contribution in [2.75, 3.05) is 18.0 Å². The Hall–Kier alpha value is -2.54. The molecule has 3 aliphatic rings. The molecule has 5 nitrogen and oxygen atoms in total. The SMILES string of the molecule is O=C1/C(=C/c2ccc(N3CCCCC3)o2)SC(=Nc2ccccc2F)N1C1CCCCC1.